The van der Waals surface area contributed by atoms with Crippen LogP contribution in [0.5, 0.6) is 11.5 Å². The molecule has 0 bridgehead atoms. The first-order chi connectivity index (χ1) is 8.22. The molecule has 1 aromatic rings. The maximum absolute atomic E-state index is 5.80. The van der Waals surface area contributed by atoms with Gasteiger partial charge in [0, 0.05) is 6.07 Å². The fourth-order valence-electron chi connectivity index (χ4n) is 1.48. The zero-order valence-corrected chi connectivity index (χ0v) is 12.8. The number of methoxy groups -OCH3 is 2. The van der Waals surface area contributed by atoms with Crippen molar-refractivity contribution in [3.8, 4) is 11.5 Å². The minimum absolute atomic E-state index is 0. The van der Waals surface area contributed by atoms with Crippen molar-refractivity contribution in [1.82, 2.24) is 0 Å². The Morgan fingerprint density at radius 1 is 1.33 bits per heavy atom. The molecule has 6 heteroatoms. The number of halogens is 1. The standard InChI is InChI=1S/C12H17N3O2.HI/c1-16-9-5-6-11(17-2)10(7-9)15-12(13)14-8-3-4-8;/h5-8H,3-4H2,1-2H3,(H3,13,14,15);1H. The van der Waals surface area contributed by atoms with Gasteiger partial charge in [0.05, 0.1) is 25.9 Å². The number of hydrogen-bond donors (Lipinski definition) is 2. The van der Waals surface area contributed by atoms with E-state index in [1.54, 1.807) is 14.2 Å². The number of rotatable bonds is 4. The Bertz CT molecular complexity index is 433. The van der Waals surface area contributed by atoms with Crippen molar-refractivity contribution in [2.45, 2.75) is 18.9 Å². The molecule has 100 valence electrons. The Morgan fingerprint density at radius 3 is 2.61 bits per heavy atom. The van der Waals surface area contributed by atoms with E-state index in [2.05, 4.69) is 10.3 Å². The summed E-state index contributed by atoms with van der Waals surface area (Å²) in [4.78, 5) is 4.30. The van der Waals surface area contributed by atoms with Gasteiger partial charge in [-0.2, -0.15) is 0 Å². The lowest BCUT2D eigenvalue weighted by Gasteiger charge is -2.11. The molecule has 1 fully saturated rings. The van der Waals surface area contributed by atoms with E-state index in [9.17, 15) is 0 Å². The predicted octanol–water partition coefficient (Wildman–Crippen LogP) is 2.21. The molecule has 0 aliphatic heterocycles. The highest BCUT2D eigenvalue weighted by Gasteiger charge is 2.20. The highest BCUT2D eigenvalue weighted by atomic mass is 127. The highest BCUT2D eigenvalue weighted by molar-refractivity contribution is 14.0. The number of ether oxygens (including phenoxy) is 2. The van der Waals surface area contributed by atoms with Crippen molar-refractivity contribution in [1.29, 1.82) is 0 Å². The van der Waals surface area contributed by atoms with Crippen LogP contribution in [-0.2, 0) is 0 Å². The van der Waals surface area contributed by atoms with Crippen molar-refractivity contribution in [3.05, 3.63) is 18.2 Å². The Balaban J connectivity index is 0.00000162. The van der Waals surface area contributed by atoms with E-state index >= 15 is 0 Å². The van der Waals surface area contributed by atoms with Gasteiger partial charge in [-0.05, 0) is 25.0 Å². The predicted molar refractivity (Wildman–Crippen MR) is 83.2 cm³/mol. The molecule has 18 heavy (non-hydrogen) atoms. The van der Waals surface area contributed by atoms with Gasteiger partial charge in [0.2, 0.25) is 0 Å². The second-order valence-corrected chi connectivity index (χ2v) is 3.94. The highest BCUT2D eigenvalue weighted by Crippen LogP contribution is 2.29. The molecule has 1 aromatic carbocycles. The van der Waals surface area contributed by atoms with Crippen LogP contribution in [0.1, 0.15) is 12.8 Å². The van der Waals surface area contributed by atoms with E-state index in [0.717, 1.165) is 24.3 Å². The molecule has 1 aliphatic carbocycles. The maximum atomic E-state index is 5.80. The van der Waals surface area contributed by atoms with Gasteiger partial charge in [-0.3, -0.25) is 0 Å². The van der Waals surface area contributed by atoms with Crippen LogP contribution in [0.25, 0.3) is 0 Å². The van der Waals surface area contributed by atoms with Crippen molar-refractivity contribution in [2.24, 2.45) is 10.7 Å². The van der Waals surface area contributed by atoms with Crippen molar-refractivity contribution < 1.29 is 9.47 Å². The first-order valence-corrected chi connectivity index (χ1v) is 5.55. The average Bonchev–Trinajstić information content (AvgIpc) is 3.12. The van der Waals surface area contributed by atoms with Crippen LogP contribution in [0.2, 0.25) is 0 Å². The van der Waals surface area contributed by atoms with Crippen LogP contribution in [-0.4, -0.2) is 26.2 Å². The maximum Gasteiger partial charge on any atom is 0.193 e. The minimum Gasteiger partial charge on any atom is -0.497 e. The number of nitrogens with zero attached hydrogens (tertiary/aromatic N) is 1. The number of aliphatic imine (C=N–C) groups is 1. The third-order valence-corrected chi connectivity index (χ3v) is 2.54. The summed E-state index contributed by atoms with van der Waals surface area (Å²) in [7, 11) is 3.23. The lowest BCUT2D eigenvalue weighted by Crippen LogP contribution is -2.23. The zero-order valence-electron chi connectivity index (χ0n) is 10.5. The molecule has 0 radical (unpaired) electrons. The van der Waals surface area contributed by atoms with Crippen molar-refractivity contribution in [3.63, 3.8) is 0 Å². The molecule has 0 amide bonds. The summed E-state index contributed by atoms with van der Waals surface area (Å²) < 4.78 is 10.4. The lowest BCUT2D eigenvalue weighted by atomic mass is 10.2. The molecule has 0 spiro atoms. The number of guanidine groups is 1. The second kappa shape index (κ2) is 6.67. The number of hydrogen-bond acceptors (Lipinski definition) is 3. The third kappa shape index (κ3) is 3.94. The van der Waals surface area contributed by atoms with Crippen molar-refractivity contribution in [2.75, 3.05) is 19.5 Å². The molecule has 3 N–H and O–H groups in total. The number of nitrogens with one attached hydrogen (secondary N) is 1. The summed E-state index contributed by atoms with van der Waals surface area (Å²) in [6.07, 6.45) is 2.25. The lowest BCUT2D eigenvalue weighted by molar-refractivity contribution is 0.405. The zero-order chi connectivity index (χ0) is 12.3. The molecular formula is C12H18IN3O2. The van der Waals surface area contributed by atoms with Crippen LogP contribution in [0, 0.1) is 0 Å². The minimum atomic E-state index is 0. The summed E-state index contributed by atoms with van der Waals surface area (Å²) in [6.45, 7) is 0. The molecule has 2 rings (SSSR count). The number of benzene rings is 1. The van der Waals surface area contributed by atoms with Gasteiger partial charge in [0.25, 0.3) is 0 Å². The number of nitrogens with two attached hydrogens (primary N) is 1. The van der Waals surface area contributed by atoms with Crippen LogP contribution >= 0.6 is 24.0 Å². The Morgan fingerprint density at radius 2 is 2.06 bits per heavy atom. The smallest absolute Gasteiger partial charge is 0.193 e. The molecule has 0 heterocycles. The summed E-state index contributed by atoms with van der Waals surface area (Å²) in [5.41, 5.74) is 6.56. The van der Waals surface area contributed by atoms with Gasteiger partial charge in [-0.15, -0.1) is 24.0 Å². The van der Waals surface area contributed by atoms with Crippen LogP contribution in [0.3, 0.4) is 0 Å². The van der Waals surface area contributed by atoms with Crippen LogP contribution in [0.4, 0.5) is 5.69 Å². The molecule has 0 aromatic heterocycles. The molecule has 5 nitrogen and oxygen atoms in total. The molecule has 0 atom stereocenters. The molecule has 0 saturated heterocycles. The summed E-state index contributed by atoms with van der Waals surface area (Å²) in [5.74, 6) is 1.87. The molecule has 1 aliphatic rings. The van der Waals surface area contributed by atoms with E-state index in [1.807, 2.05) is 18.2 Å². The largest absolute Gasteiger partial charge is 0.497 e. The summed E-state index contributed by atoms with van der Waals surface area (Å²) in [6, 6.07) is 5.87. The van der Waals surface area contributed by atoms with Crippen LogP contribution in [0.15, 0.2) is 23.2 Å². The van der Waals surface area contributed by atoms with Crippen LogP contribution < -0.4 is 20.5 Å². The van der Waals surface area contributed by atoms with E-state index in [4.69, 9.17) is 15.2 Å². The first-order valence-electron chi connectivity index (χ1n) is 5.55. The normalized spacial score (nSPS) is 14.7. The SMILES string of the molecule is COc1ccc(OC)c(NC(N)=NC2CC2)c1.I. The fourth-order valence-corrected chi connectivity index (χ4v) is 1.48. The van der Waals surface area contributed by atoms with Gasteiger partial charge in [-0.25, -0.2) is 4.99 Å². The second-order valence-electron chi connectivity index (χ2n) is 3.94. The fraction of sp³-hybridized carbons (Fsp3) is 0.417. The van der Waals surface area contributed by atoms with Gasteiger partial charge < -0.3 is 20.5 Å². The molecule has 0 unspecified atom stereocenters. The van der Waals surface area contributed by atoms with E-state index in [1.165, 1.54) is 0 Å². The quantitative estimate of drug-likeness (QED) is 0.489. The van der Waals surface area contributed by atoms with E-state index in [-0.39, 0.29) is 24.0 Å². The van der Waals surface area contributed by atoms with E-state index in [0.29, 0.717) is 17.8 Å². The van der Waals surface area contributed by atoms with Gasteiger partial charge in [0.1, 0.15) is 11.5 Å². The summed E-state index contributed by atoms with van der Waals surface area (Å²) in [5, 5.41) is 3.03. The topological polar surface area (TPSA) is 68.9 Å². The monoisotopic (exact) mass is 363 g/mol. The molecular weight excluding hydrogens is 345 g/mol. The average molecular weight is 363 g/mol. The third-order valence-electron chi connectivity index (χ3n) is 2.54. The Hall–Kier alpha value is -1.18. The van der Waals surface area contributed by atoms with Gasteiger partial charge in [0.15, 0.2) is 5.96 Å². The van der Waals surface area contributed by atoms with Gasteiger partial charge in [-0.1, -0.05) is 0 Å². The Kier molecular flexibility index (Phi) is 5.52. The van der Waals surface area contributed by atoms with Crippen molar-refractivity contribution >= 4 is 35.6 Å². The summed E-state index contributed by atoms with van der Waals surface area (Å²) >= 11 is 0. The van der Waals surface area contributed by atoms with E-state index < -0.39 is 0 Å². The molecule has 1 saturated carbocycles. The Labute approximate surface area is 124 Å². The number of anilines is 1. The van der Waals surface area contributed by atoms with Gasteiger partial charge >= 0.3 is 0 Å². The first kappa shape index (κ1) is 14.9.